The minimum absolute atomic E-state index is 0.205. The van der Waals surface area contributed by atoms with E-state index >= 15 is 0 Å². The molecule has 3 amide bonds. The zero-order valence-corrected chi connectivity index (χ0v) is 8.56. The number of urea groups is 1. The Kier molecular flexibility index (Phi) is 2.59. The van der Waals surface area contributed by atoms with E-state index in [9.17, 15) is 9.59 Å². The lowest BCUT2D eigenvalue weighted by Crippen LogP contribution is -2.45. The topological polar surface area (TPSA) is 101 Å². The van der Waals surface area contributed by atoms with Crippen molar-refractivity contribution in [3.63, 3.8) is 0 Å². The molecule has 1 aromatic rings. The first-order chi connectivity index (χ1) is 7.67. The molecule has 1 aliphatic rings. The standard InChI is InChI=1S/C10H12N4O2/c11-5-6-1-2-8-7(3-6)4-9(15)14(8)10(16)13-12/h1-3H,4-5,11-12H2,(H,13,16). The molecule has 1 aliphatic heterocycles. The smallest absolute Gasteiger partial charge is 0.326 e. The fourth-order valence-electron chi connectivity index (χ4n) is 1.79. The van der Waals surface area contributed by atoms with Crippen LogP contribution in [0.1, 0.15) is 11.1 Å². The number of carbonyl (C=O) groups excluding carboxylic acids is 2. The minimum Gasteiger partial charge on any atom is -0.326 e. The molecule has 84 valence electrons. The molecule has 0 spiro atoms. The zero-order valence-electron chi connectivity index (χ0n) is 8.56. The minimum atomic E-state index is -0.621. The molecule has 0 aliphatic carbocycles. The summed E-state index contributed by atoms with van der Waals surface area (Å²) in [5.74, 6) is 4.73. The van der Waals surface area contributed by atoms with Gasteiger partial charge in [0.1, 0.15) is 0 Å². The van der Waals surface area contributed by atoms with Crippen molar-refractivity contribution in [1.29, 1.82) is 0 Å². The maximum Gasteiger partial charge on any atom is 0.342 e. The number of hydrogen-bond donors (Lipinski definition) is 3. The quantitative estimate of drug-likeness (QED) is 0.341. The number of nitrogens with two attached hydrogens (primary N) is 2. The van der Waals surface area contributed by atoms with Gasteiger partial charge in [-0.1, -0.05) is 12.1 Å². The van der Waals surface area contributed by atoms with E-state index in [1.54, 1.807) is 12.1 Å². The lowest BCUT2D eigenvalue weighted by Gasteiger charge is -2.14. The highest BCUT2D eigenvalue weighted by atomic mass is 16.2. The van der Waals surface area contributed by atoms with E-state index in [0.717, 1.165) is 16.0 Å². The Morgan fingerprint density at radius 3 is 2.88 bits per heavy atom. The van der Waals surface area contributed by atoms with Crippen LogP contribution in [0.3, 0.4) is 0 Å². The van der Waals surface area contributed by atoms with Gasteiger partial charge in [-0.2, -0.15) is 0 Å². The number of benzene rings is 1. The molecule has 5 N–H and O–H groups in total. The lowest BCUT2D eigenvalue weighted by atomic mass is 10.1. The van der Waals surface area contributed by atoms with Crippen LogP contribution in [-0.2, 0) is 17.8 Å². The van der Waals surface area contributed by atoms with E-state index in [4.69, 9.17) is 11.6 Å². The molecule has 2 rings (SSSR count). The van der Waals surface area contributed by atoms with Crippen molar-refractivity contribution in [3.8, 4) is 0 Å². The number of nitrogens with zero attached hydrogens (tertiary/aromatic N) is 1. The van der Waals surface area contributed by atoms with Crippen molar-refractivity contribution in [2.75, 3.05) is 4.90 Å². The molecular weight excluding hydrogens is 208 g/mol. The van der Waals surface area contributed by atoms with Crippen LogP contribution in [0.5, 0.6) is 0 Å². The third-order valence-corrected chi connectivity index (χ3v) is 2.54. The normalized spacial score (nSPS) is 13.9. The molecule has 0 atom stereocenters. The number of anilines is 1. The van der Waals surface area contributed by atoms with Crippen molar-refractivity contribution < 1.29 is 9.59 Å². The van der Waals surface area contributed by atoms with Crippen molar-refractivity contribution in [2.45, 2.75) is 13.0 Å². The van der Waals surface area contributed by atoms with Crippen LogP contribution in [0.4, 0.5) is 10.5 Å². The second kappa shape index (κ2) is 3.92. The van der Waals surface area contributed by atoms with E-state index < -0.39 is 6.03 Å². The molecule has 1 aromatic carbocycles. The van der Waals surface area contributed by atoms with Gasteiger partial charge in [-0.25, -0.2) is 15.5 Å². The summed E-state index contributed by atoms with van der Waals surface area (Å²) in [7, 11) is 0. The molecule has 1 heterocycles. The number of imide groups is 1. The predicted octanol–water partition coefficient (Wildman–Crippen LogP) is -0.382. The van der Waals surface area contributed by atoms with Gasteiger partial charge >= 0.3 is 6.03 Å². The highest BCUT2D eigenvalue weighted by Gasteiger charge is 2.31. The summed E-state index contributed by atoms with van der Waals surface area (Å²) in [4.78, 5) is 24.0. The molecule has 0 fully saturated rings. The van der Waals surface area contributed by atoms with Crippen LogP contribution in [-0.4, -0.2) is 11.9 Å². The molecular formula is C10H12N4O2. The van der Waals surface area contributed by atoms with Gasteiger partial charge in [-0.3, -0.25) is 10.2 Å². The Balaban J connectivity index is 2.42. The van der Waals surface area contributed by atoms with E-state index in [2.05, 4.69) is 0 Å². The highest BCUT2D eigenvalue weighted by Crippen LogP contribution is 2.29. The predicted molar refractivity (Wildman–Crippen MR) is 58.2 cm³/mol. The van der Waals surface area contributed by atoms with E-state index in [1.807, 2.05) is 11.5 Å². The molecule has 0 bridgehead atoms. The van der Waals surface area contributed by atoms with Gasteiger partial charge in [0, 0.05) is 6.54 Å². The SMILES string of the molecule is NCc1ccc2c(c1)CC(=O)N2C(=O)NN. The summed E-state index contributed by atoms with van der Waals surface area (Å²) >= 11 is 0. The van der Waals surface area contributed by atoms with Crippen molar-refractivity contribution in [3.05, 3.63) is 29.3 Å². The second-order valence-electron chi connectivity index (χ2n) is 3.52. The summed E-state index contributed by atoms with van der Waals surface area (Å²) in [5, 5.41) is 0. The number of amides is 3. The number of carbonyl (C=O) groups is 2. The van der Waals surface area contributed by atoms with Gasteiger partial charge in [0.25, 0.3) is 0 Å². The fraction of sp³-hybridized carbons (Fsp3) is 0.200. The highest BCUT2D eigenvalue weighted by molar-refractivity contribution is 6.18. The molecule has 0 radical (unpaired) electrons. The summed E-state index contributed by atoms with van der Waals surface area (Å²) in [6.45, 7) is 0.407. The first-order valence-electron chi connectivity index (χ1n) is 4.82. The third kappa shape index (κ3) is 1.54. The van der Waals surface area contributed by atoms with Gasteiger partial charge < -0.3 is 5.73 Å². The van der Waals surface area contributed by atoms with Crippen molar-refractivity contribution >= 4 is 17.6 Å². The van der Waals surface area contributed by atoms with Crippen LogP contribution < -0.4 is 21.9 Å². The molecule has 0 aromatic heterocycles. The number of hydrazine groups is 1. The Bertz CT molecular complexity index is 458. The first-order valence-corrected chi connectivity index (χ1v) is 4.82. The van der Waals surface area contributed by atoms with Crippen LogP contribution in [0.15, 0.2) is 18.2 Å². The average molecular weight is 220 g/mol. The van der Waals surface area contributed by atoms with Gasteiger partial charge in [-0.05, 0) is 17.2 Å². The van der Waals surface area contributed by atoms with Gasteiger partial charge in [-0.15, -0.1) is 0 Å². The van der Waals surface area contributed by atoms with Gasteiger partial charge in [0.15, 0.2) is 0 Å². The molecule has 6 nitrogen and oxygen atoms in total. The van der Waals surface area contributed by atoms with E-state index in [1.165, 1.54) is 0 Å². The Hall–Kier alpha value is -1.92. The molecule has 16 heavy (non-hydrogen) atoms. The van der Waals surface area contributed by atoms with E-state index in [-0.39, 0.29) is 12.3 Å². The van der Waals surface area contributed by atoms with Gasteiger partial charge in [0.05, 0.1) is 12.1 Å². The molecule has 0 saturated carbocycles. The van der Waals surface area contributed by atoms with Crippen LogP contribution in [0.25, 0.3) is 0 Å². The monoisotopic (exact) mass is 220 g/mol. The van der Waals surface area contributed by atoms with E-state index in [0.29, 0.717) is 12.2 Å². The molecule has 0 saturated heterocycles. The van der Waals surface area contributed by atoms with Gasteiger partial charge in [0.2, 0.25) is 5.91 Å². The maximum atomic E-state index is 11.6. The Morgan fingerprint density at radius 1 is 1.50 bits per heavy atom. The third-order valence-electron chi connectivity index (χ3n) is 2.54. The summed E-state index contributed by atoms with van der Waals surface area (Å²) < 4.78 is 0. The second-order valence-corrected chi connectivity index (χ2v) is 3.52. The maximum absolute atomic E-state index is 11.6. The zero-order chi connectivity index (χ0) is 11.7. The first kappa shape index (κ1) is 10.6. The molecule has 6 heteroatoms. The summed E-state index contributed by atoms with van der Waals surface area (Å²) in [5.41, 5.74) is 9.76. The number of fused-ring (bicyclic) bond motifs is 1. The number of hydrogen-bond acceptors (Lipinski definition) is 4. The fourth-order valence-corrected chi connectivity index (χ4v) is 1.79. The average Bonchev–Trinajstić information content (AvgIpc) is 2.62. The summed E-state index contributed by atoms with van der Waals surface area (Å²) in [6.07, 6.45) is 0.205. The van der Waals surface area contributed by atoms with Crippen molar-refractivity contribution in [1.82, 2.24) is 5.43 Å². The lowest BCUT2D eigenvalue weighted by molar-refractivity contribution is -0.116. The van der Waals surface area contributed by atoms with Crippen molar-refractivity contribution in [2.24, 2.45) is 11.6 Å². The van der Waals surface area contributed by atoms with Crippen LogP contribution >= 0.6 is 0 Å². The Labute approximate surface area is 92.2 Å². The number of rotatable bonds is 1. The Morgan fingerprint density at radius 2 is 2.25 bits per heavy atom. The summed E-state index contributed by atoms with van der Waals surface area (Å²) in [6, 6.07) is 4.70. The number of nitrogens with one attached hydrogen (secondary N) is 1. The van der Waals surface area contributed by atoms with Crippen LogP contribution in [0.2, 0.25) is 0 Å². The molecule has 0 unspecified atom stereocenters. The van der Waals surface area contributed by atoms with Crippen LogP contribution in [0, 0.1) is 0 Å². The largest absolute Gasteiger partial charge is 0.342 e.